The molecular weight excluding hydrogens is 256 g/mol. The Hall–Kier alpha value is -1.98. The Morgan fingerprint density at radius 3 is 2.58 bits per heavy atom. The summed E-state index contributed by atoms with van der Waals surface area (Å²) in [7, 11) is 0. The Morgan fingerprint density at radius 1 is 1.16 bits per heavy atom. The van der Waals surface area contributed by atoms with Crippen molar-refractivity contribution < 1.29 is 0 Å². The van der Waals surface area contributed by atoms with Crippen LogP contribution in [-0.2, 0) is 13.0 Å². The molecule has 96 valence electrons. The molecule has 0 spiro atoms. The third-order valence-electron chi connectivity index (χ3n) is 3.07. The topological polar surface area (TPSA) is 35.8 Å². The molecular formula is C16H15ClN2. The zero-order valence-corrected chi connectivity index (χ0v) is 11.5. The molecule has 0 amide bonds. The Bertz CT molecular complexity index is 614. The highest BCUT2D eigenvalue weighted by atomic mass is 35.5. The number of anilines is 1. The standard InChI is InChI=1S/C16H15ClN2/c1-2-12-5-3-4-6-14(12)11-19-16-9-15(17)8-7-13(16)10-18/h3-9,19H,2,11H2,1H3. The first-order chi connectivity index (χ1) is 9.24. The summed E-state index contributed by atoms with van der Waals surface area (Å²) in [6, 6.07) is 15.7. The minimum Gasteiger partial charge on any atom is -0.380 e. The molecule has 2 aromatic rings. The van der Waals surface area contributed by atoms with E-state index >= 15 is 0 Å². The van der Waals surface area contributed by atoms with Gasteiger partial charge in [0.1, 0.15) is 6.07 Å². The highest BCUT2D eigenvalue weighted by molar-refractivity contribution is 6.30. The summed E-state index contributed by atoms with van der Waals surface area (Å²) in [6.45, 7) is 2.83. The highest BCUT2D eigenvalue weighted by Gasteiger charge is 2.04. The van der Waals surface area contributed by atoms with E-state index < -0.39 is 0 Å². The van der Waals surface area contributed by atoms with Crippen LogP contribution in [0.5, 0.6) is 0 Å². The number of hydrogen-bond acceptors (Lipinski definition) is 2. The fraction of sp³-hybridized carbons (Fsp3) is 0.188. The minimum atomic E-state index is 0.610. The van der Waals surface area contributed by atoms with Gasteiger partial charge in [-0.15, -0.1) is 0 Å². The molecule has 0 radical (unpaired) electrons. The van der Waals surface area contributed by atoms with Crippen LogP contribution in [0, 0.1) is 11.3 Å². The molecule has 2 nitrogen and oxygen atoms in total. The third kappa shape index (κ3) is 3.27. The SMILES string of the molecule is CCc1ccccc1CNc1cc(Cl)ccc1C#N. The van der Waals surface area contributed by atoms with Gasteiger partial charge in [-0.3, -0.25) is 0 Å². The number of aryl methyl sites for hydroxylation is 1. The van der Waals surface area contributed by atoms with Gasteiger partial charge in [-0.25, -0.2) is 0 Å². The quantitative estimate of drug-likeness (QED) is 0.895. The van der Waals surface area contributed by atoms with Crippen molar-refractivity contribution >= 4 is 17.3 Å². The Kier molecular flexibility index (Phi) is 4.43. The van der Waals surface area contributed by atoms with E-state index in [1.165, 1.54) is 11.1 Å². The van der Waals surface area contributed by atoms with Gasteiger partial charge in [-0.2, -0.15) is 5.26 Å². The van der Waals surface area contributed by atoms with Crippen molar-refractivity contribution in [2.45, 2.75) is 19.9 Å². The summed E-state index contributed by atoms with van der Waals surface area (Å²) in [5.74, 6) is 0. The highest BCUT2D eigenvalue weighted by Crippen LogP contribution is 2.21. The monoisotopic (exact) mass is 270 g/mol. The molecule has 0 aliphatic rings. The van der Waals surface area contributed by atoms with Gasteiger partial charge in [0.2, 0.25) is 0 Å². The molecule has 0 unspecified atom stereocenters. The molecule has 1 N–H and O–H groups in total. The van der Waals surface area contributed by atoms with E-state index in [1.54, 1.807) is 18.2 Å². The smallest absolute Gasteiger partial charge is 0.101 e. The summed E-state index contributed by atoms with van der Waals surface area (Å²) in [4.78, 5) is 0. The van der Waals surface area contributed by atoms with E-state index in [2.05, 4.69) is 30.4 Å². The lowest BCUT2D eigenvalue weighted by Gasteiger charge is -2.11. The Labute approximate surface area is 118 Å². The van der Waals surface area contributed by atoms with Crippen LogP contribution in [0.25, 0.3) is 0 Å². The first-order valence-corrected chi connectivity index (χ1v) is 6.62. The van der Waals surface area contributed by atoms with Gasteiger partial charge in [0, 0.05) is 11.6 Å². The maximum absolute atomic E-state index is 9.07. The van der Waals surface area contributed by atoms with Crippen LogP contribution in [0.1, 0.15) is 23.6 Å². The summed E-state index contributed by atoms with van der Waals surface area (Å²) < 4.78 is 0. The molecule has 0 aliphatic heterocycles. The van der Waals surface area contributed by atoms with Crippen LogP contribution in [-0.4, -0.2) is 0 Å². The van der Waals surface area contributed by atoms with Crippen LogP contribution in [0.3, 0.4) is 0 Å². The third-order valence-corrected chi connectivity index (χ3v) is 3.31. The molecule has 19 heavy (non-hydrogen) atoms. The van der Waals surface area contributed by atoms with Gasteiger partial charge in [0.15, 0.2) is 0 Å². The number of benzene rings is 2. The lowest BCUT2D eigenvalue weighted by Crippen LogP contribution is -2.03. The summed E-state index contributed by atoms with van der Waals surface area (Å²) in [5.41, 5.74) is 3.95. The molecule has 2 rings (SSSR count). The number of rotatable bonds is 4. The lowest BCUT2D eigenvalue weighted by atomic mass is 10.1. The van der Waals surface area contributed by atoms with Crippen LogP contribution in [0.2, 0.25) is 5.02 Å². The van der Waals surface area contributed by atoms with E-state index in [4.69, 9.17) is 16.9 Å². The number of halogens is 1. The van der Waals surface area contributed by atoms with Crippen molar-refractivity contribution in [3.8, 4) is 6.07 Å². The number of nitrogens with zero attached hydrogens (tertiary/aromatic N) is 1. The van der Waals surface area contributed by atoms with Gasteiger partial charge in [-0.05, 0) is 35.7 Å². The summed E-state index contributed by atoms with van der Waals surface area (Å²) in [5, 5.41) is 13.0. The maximum Gasteiger partial charge on any atom is 0.101 e. The molecule has 0 saturated heterocycles. The van der Waals surface area contributed by atoms with Crippen molar-refractivity contribution in [1.82, 2.24) is 0 Å². The average molecular weight is 271 g/mol. The van der Waals surface area contributed by atoms with Crippen LogP contribution < -0.4 is 5.32 Å². The molecule has 0 bridgehead atoms. The zero-order chi connectivity index (χ0) is 13.7. The second-order valence-corrected chi connectivity index (χ2v) is 4.71. The number of nitrogens with one attached hydrogen (secondary N) is 1. The average Bonchev–Trinajstić information content (AvgIpc) is 2.45. The van der Waals surface area contributed by atoms with Gasteiger partial charge in [0.25, 0.3) is 0 Å². The van der Waals surface area contributed by atoms with Gasteiger partial charge >= 0.3 is 0 Å². The van der Waals surface area contributed by atoms with Crippen LogP contribution in [0.4, 0.5) is 5.69 Å². The molecule has 0 saturated carbocycles. The summed E-state index contributed by atoms with van der Waals surface area (Å²) >= 11 is 5.96. The van der Waals surface area contributed by atoms with Crippen LogP contribution in [0.15, 0.2) is 42.5 Å². The van der Waals surface area contributed by atoms with Crippen LogP contribution >= 0.6 is 11.6 Å². The van der Waals surface area contributed by atoms with E-state index in [1.807, 2.05) is 12.1 Å². The first-order valence-electron chi connectivity index (χ1n) is 6.25. The van der Waals surface area contributed by atoms with E-state index in [9.17, 15) is 0 Å². The zero-order valence-electron chi connectivity index (χ0n) is 10.8. The Morgan fingerprint density at radius 2 is 1.89 bits per heavy atom. The van der Waals surface area contributed by atoms with Gasteiger partial charge in [-0.1, -0.05) is 42.8 Å². The molecule has 0 heterocycles. The molecule has 3 heteroatoms. The van der Waals surface area contributed by atoms with Gasteiger partial charge < -0.3 is 5.32 Å². The minimum absolute atomic E-state index is 0.610. The second kappa shape index (κ2) is 6.26. The van der Waals surface area contributed by atoms with Crippen molar-refractivity contribution in [2.24, 2.45) is 0 Å². The lowest BCUT2D eigenvalue weighted by molar-refractivity contribution is 1.04. The van der Waals surface area contributed by atoms with Crippen molar-refractivity contribution in [3.63, 3.8) is 0 Å². The van der Waals surface area contributed by atoms with Crippen molar-refractivity contribution in [3.05, 3.63) is 64.2 Å². The molecule has 0 aliphatic carbocycles. The normalized spacial score (nSPS) is 9.95. The Balaban J connectivity index is 2.19. The summed E-state index contributed by atoms with van der Waals surface area (Å²) in [6.07, 6.45) is 0.999. The largest absolute Gasteiger partial charge is 0.380 e. The van der Waals surface area contributed by atoms with Gasteiger partial charge in [0.05, 0.1) is 11.3 Å². The van der Waals surface area contributed by atoms with E-state index in [0.717, 1.165) is 12.1 Å². The number of hydrogen-bond donors (Lipinski definition) is 1. The molecule has 0 aromatic heterocycles. The second-order valence-electron chi connectivity index (χ2n) is 4.28. The maximum atomic E-state index is 9.07. The molecule has 0 fully saturated rings. The van der Waals surface area contributed by atoms with Crippen molar-refractivity contribution in [2.75, 3.05) is 5.32 Å². The molecule has 2 aromatic carbocycles. The van der Waals surface area contributed by atoms with Crippen molar-refractivity contribution in [1.29, 1.82) is 5.26 Å². The van der Waals surface area contributed by atoms with E-state index in [0.29, 0.717) is 17.1 Å². The van der Waals surface area contributed by atoms with E-state index in [-0.39, 0.29) is 0 Å². The predicted molar refractivity (Wildman–Crippen MR) is 79.3 cm³/mol. The first kappa shape index (κ1) is 13.5. The fourth-order valence-corrected chi connectivity index (χ4v) is 2.20. The molecule has 0 atom stereocenters. The predicted octanol–water partition coefficient (Wildman–Crippen LogP) is 4.39. The number of nitriles is 1. The fourth-order valence-electron chi connectivity index (χ4n) is 2.03.